The zero-order chi connectivity index (χ0) is 54.3. The Kier molecular flexibility index (Phi) is 16.8. The molecule has 2 aromatic heterocycles. The number of nitrogen functional groups attached to an aromatic ring is 1. The number of imidazole rings is 1. The summed E-state index contributed by atoms with van der Waals surface area (Å²) in [5.74, 6) is 0.491. The Morgan fingerprint density at radius 2 is 1.72 bits per heavy atom. The van der Waals surface area contributed by atoms with E-state index in [0.29, 0.717) is 78.3 Å². The number of nitrogens with two attached hydrogens (primary N) is 1. The summed E-state index contributed by atoms with van der Waals surface area (Å²) in [5.41, 5.74) is 9.00. The number of ether oxygens (including phenoxy) is 2. The number of carbonyl (C=O) groups excluding carboxylic acids is 1. The molecule has 4 aliphatic rings. The molecule has 2 aromatic carbocycles. The maximum Gasteiger partial charge on any atom is 0.490 e. The Labute approximate surface area is 429 Å². The van der Waals surface area contributed by atoms with Crippen molar-refractivity contribution in [2.75, 3.05) is 61.0 Å². The summed E-state index contributed by atoms with van der Waals surface area (Å²) in [6, 6.07) is 7.76. The van der Waals surface area contributed by atoms with E-state index in [2.05, 4.69) is 61.2 Å². The Morgan fingerprint density at radius 3 is 2.44 bits per heavy atom. The second kappa shape index (κ2) is 22.3. The highest BCUT2D eigenvalue weighted by molar-refractivity contribution is 7.86. The molecule has 0 aliphatic carbocycles. The molecule has 8 rings (SSSR count). The number of anilines is 3. The first-order valence-corrected chi connectivity index (χ1v) is 30.1. The number of benzene rings is 2. The molecule has 1 amide bonds. The number of rotatable bonds is 23. The summed E-state index contributed by atoms with van der Waals surface area (Å²) in [6.45, 7) is 7.99. The normalized spacial score (nSPS) is 21.7. The molecule has 410 valence electrons. The molecule has 0 bridgehead atoms. The van der Waals surface area contributed by atoms with Crippen molar-refractivity contribution in [1.29, 1.82) is 0 Å². The van der Waals surface area contributed by atoms with Gasteiger partial charge in [0.05, 0.1) is 18.2 Å². The van der Waals surface area contributed by atoms with Crippen molar-refractivity contribution in [2.45, 2.75) is 102 Å². The third kappa shape index (κ3) is 13.5. The standard InChI is InChI=1S/C43H59N10O18P3S/c1-4-51-15-9-11-25-17-28-32(19-30(25)51)68-33-20-31-27(18-29(33)49-28)26(23-75(64,65)66)21-43(2,3)52(31)16-10-12-35(54)45-13-7-5-6-8-14-46-42-50-36-39(44)47-24-48-40(36)53(42)41-38(56)37(55)34(69-41)22-67-73(60,61)71-74(62,63)70-72(57,58)59/h17-21,24,34,37-38,41,44,49,55-56H,4-16,22-23H2,1-3H3,(H6,45,54,57,58,59,60,61,62,63,64,65,66)/p+1/t34-,37-,38-,41-/m1/s1. The number of aromatic nitrogens is 4. The van der Waals surface area contributed by atoms with Crippen LogP contribution in [0.2, 0.25) is 0 Å². The summed E-state index contributed by atoms with van der Waals surface area (Å²) in [5, 5.41) is 29.7. The molecule has 0 radical (unpaired) electrons. The summed E-state index contributed by atoms with van der Waals surface area (Å²) in [7, 11) is -21.4. The highest BCUT2D eigenvalue weighted by Crippen LogP contribution is 2.66. The number of hydrogen-bond donors (Lipinski definition) is 10. The lowest BCUT2D eigenvalue weighted by Crippen LogP contribution is -2.46. The number of amides is 1. The molecule has 1 saturated heterocycles. The smallest absolute Gasteiger partial charge is 0.452 e. The fourth-order valence-corrected chi connectivity index (χ4v) is 13.3. The zero-order valence-electron chi connectivity index (χ0n) is 41.0. The van der Waals surface area contributed by atoms with Crippen LogP contribution in [0, 0.1) is 0 Å². The maximum atomic E-state index is 13.1. The van der Waals surface area contributed by atoms with Gasteiger partial charge in [0, 0.05) is 55.4 Å². The number of aliphatic hydroxyl groups excluding tert-OH is 2. The van der Waals surface area contributed by atoms with Crippen molar-refractivity contribution >= 4 is 79.4 Å². The van der Waals surface area contributed by atoms with E-state index < -0.39 is 76.0 Å². The Balaban J connectivity index is 0.825. The van der Waals surface area contributed by atoms with Crippen LogP contribution in [0.25, 0.3) is 16.7 Å². The predicted octanol–water partition coefficient (Wildman–Crippen LogP) is 2.32. The Bertz CT molecular complexity index is 3280. The quantitative estimate of drug-likeness (QED) is 0.0194. The first-order chi connectivity index (χ1) is 35.2. The van der Waals surface area contributed by atoms with Gasteiger partial charge in [0.1, 0.15) is 54.5 Å². The number of fused-ring (bicyclic) bond motifs is 5. The van der Waals surface area contributed by atoms with Gasteiger partial charge in [-0.3, -0.25) is 18.4 Å². The van der Waals surface area contributed by atoms with E-state index in [4.69, 9.17) is 30.0 Å². The van der Waals surface area contributed by atoms with Crippen molar-refractivity contribution in [3.63, 3.8) is 0 Å². The molecule has 6 atom stereocenters. The number of nitrogens with zero attached hydrogens (tertiary/aromatic N) is 7. The topological polar surface area (TPSA) is 402 Å². The van der Waals surface area contributed by atoms with Crippen molar-refractivity contribution in [3.05, 3.63) is 58.5 Å². The fourth-order valence-electron chi connectivity index (χ4n) is 9.61. The Morgan fingerprint density at radius 1 is 0.973 bits per heavy atom. The number of phosphoric ester groups is 1. The average Bonchev–Trinajstić information content (AvgIpc) is 3.81. The van der Waals surface area contributed by atoms with Crippen LogP contribution in [-0.4, -0.2) is 137 Å². The molecule has 4 aliphatic heterocycles. The van der Waals surface area contributed by atoms with Gasteiger partial charge in [0.2, 0.25) is 17.2 Å². The van der Waals surface area contributed by atoms with Crippen LogP contribution in [0.3, 0.4) is 0 Å². The molecule has 75 heavy (non-hydrogen) atoms. The number of unbranched alkanes of at least 4 members (excludes halogenated alkanes) is 3. The van der Waals surface area contributed by atoms with Crippen LogP contribution >= 0.6 is 23.5 Å². The molecule has 11 N–H and O–H groups in total. The van der Waals surface area contributed by atoms with Gasteiger partial charge >= 0.3 is 23.5 Å². The van der Waals surface area contributed by atoms with Crippen molar-refractivity contribution in [1.82, 2.24) is 29.4 Å². The minimum Gasteiger partial charge on any atom is -0.452 e. The van der Waals surface area contributed by atoms with Crippen LogP contribution in [0.1, 0.15) is 83.1 Å². The number of phosphoric acid groups is 3. The second-order valence-electron chi connectivity index (χ2n) is 18.8. The molecule has 6 heterocycles. The van der Waals surface area contributed by atoms with Gasteiger partial charge in [0.25, 0.3) is 10.1 Å². The molecular formula is C43H60N10O18P3S+. The maximum absolute atomic E-state index is 13.1. The third-order valence-electron chi connectivity index (χ3n) is 12.9. The monoisotopic (exact) mass is 1130 g/mol. The number of aliphatic hydroxyl groups is 2. The SMILES string of the molecule is CC[N+]1=c2cc3c(cc2CCC1)=Nc1cc2c(cc1O3)N(CCCC(=O)NCCCCCCNc1nc3c(N)ncnc3n1[C@@H]1O[C@H](COP(=O)(O)OP(=O)(O)OP(=O)(O)O)[C@@H](O)[C@H]1O)C(C)(C)C=C2CS(=O)(=O)O. The van der Waals surface area contributed by atoms with E-state index >= 15 is 0 Å². The molecule has 28 nitrogen and oxygen atoms in total. The van der Waals surface area contributed by atoms with E-state index in [1.54, 1.807) is 6.07 Å². The van der Waals surface area contributed by atoms with E-state index in [0.717, 1.165) is 50.5 Å². The van der Waals surface area contributed by atoms with E-state index in [1.807, 2.05) is 32.1 Å². The molecular weight excluding hydrogens is 1070 g/mol. The number of hydrogen-bond acceptors (Lipinski definition) is 20. The van der Waals surface area contributed by atoms with Crippen LogP contribution < -0.4 is 41.3 Å². The molecule has 32 heteroatoms. The minimum absolute atomic E-state index is 0.0239. The minimum atomic E-state index is -5.82. The fraction of sp³-hybridized carbons (Fsp3) is 0.535. The summed E-state index contributed by atoms with van der Waals surface area (Å²) < 4.78 is 97.3. The van der Waals surface area contributed by atoms with Gasteiger partial charge in [-0.05, 0) is 64.2 Å². The van der Waals surface area contributed by atoms with E-state index in [1.165, 1.54) is 10.1 Å². The first kappa shape index (κ1) is 56.4. The van der Waals surface area contributed by atoms with Gasteiger partial charge in [-0.2, -0.15) is 17.0 Å². The van der Waals surface area contributed by atoms with E-state index in [-0.39, 0.29) is 35.3 Å². The van der Waals surface area contributed by atoms with Gasteiger partial charge in [-0.1, -0.05) is 18.9 Å². The van der Waals surface area contributed by atoms with E-state index in [9.17, 15) is 51.5 Å². The number of nitrogens with one attached hydrogen (secondary N) is 2. The average molecular weight is 1130 g/mol. The molecule has 0 saturated carbocycles. The lowest BCUT2D eigenvalue weighted by Gasteiger charge is -2.44. The van der Waals surface area contributed by atoms with Crippen molar-refractivity contribution in [3.8, 4) is 11.5 Å². The molecule has 1 fully saturated rings. The largest absolute Gasteiger partial charge is 0.490 e. The predicted molar refractivity (Wildman–Crippen MR) is 269 cm³/mol. The summed E-state index contributed by atoms with van der Waals surface area (Å²) in [6.07, 6.45) is 1.78. The summed E-state index contributed by atoms with van der Waals surface area (Å²) in [4.78, 5) is 69.6. The van der Waals surface area contributed by atoms with Crippen LogP contribution in [-0.2, 0) is 52.9 Å². The number of aryl methyl sites for hydroxylation is 1. The van der Waals surface area contributed by atoms with Gasteiger partial charge in [-0.25, -0.2) is 38.2 Å². The number of carbonyl (C=O) groups is 1. The van der Waals surface area contributed by atoms with Gasteiger partial charge in [-0.15, -0.1) is 0 Å². The summed E-state index contributed by atoms with van der Waals surface area (Å²) >= 11 is 0. The van der Waals surface area contributed by atoms with Crippen molar-refractivity contribution < 1.29 is 83.9 Å². The second-order valence-corrected chi connectivity index (χ2v) is 24.7. The highest BCUT2D eigenvalue weighted by atomic mass is 32.2. The lowest BCUT2D eigenvalue weighted by molar-refractivity contribution is -0.121. The van der Waals surface area contributed by atoms with Crippen LogP contribution in [0.4, 0.5) is 23.1 Å². The first-order valence-electron chi connectivity index (χ1n) is 23.9. The van der Waals surface area contributed by atoms with Crippen LogP contribution in [0.15, 0.2) is 41.7 Å². The van der Waals surface area contributed by atoms with Crippen molar-refractivity contribution in [2.24, 2.45) is 4.99 Å². The van der Waals surface area contributed by atoms with Gasteiger partial charge in [0.15, 0.2) is 34.7 Å². The lowest BCUT2D eigenvalue weighted by atomic mass is 9.88. The highest BCUT2D eigenvalue weighted by Gasteiger charge is 2.48. The Hall–Kier alpha value is -4.80. The molecule has 4 aromatic rings. The van der Waals surface area contributed by atoms with Crippen LogP contribution in [0.5, 0.6) is 11.5 Å². The zero-order valence-corrected chi connectivity index (χ0v) is 44.5. The molecule has 2 unspecified atom stereocenters. The third-order valence-corrected chi connectivity index (χ3v) is 17.4. The molecule has 0 spiro atoms. The van der Waals surface area contributed by atoms with Gasteiger partial charge < -0.3 is 60.5 Å².